The van der Waals surface area contributed by atoms with Gasteiger partial charge in [-0.05, 0) is 67.1 Å². The van der Waals surface area contributed by atoms with E-state index in [2.05, 4.69) is 93.9 Å². The lowest BCUT2D eigenvalue weighted by atomic mass is 9.88. The third-order valence-electron chi connectivity index (χ3n) is 8.30. The van der Waals surface area contributed by atoms with Gasteiger partial charge in [0.15, 0.2) is 35.7 Å². The average molecular weight is 560 g/mol. The highest BCUT2D eigenvalue weighted by Crippen LogP contribution is 2.45. The van der Waals surface area contributed by atoms with Crippen LogP contribution in [0.1, 0.15) is 69.2 Å². The highest BCUT2D eigenvalue weighted by Gasteiger charge is 2.33. The van der Waals surface area contributed by atoms with Crippen molar-refractivity contribution in [1.29, 1.82) is 0 Å². The van der Waals surface area contributed by atoms with Crippen molar-refractivity contribution in [3.8, 4) is 34.3 Å². The number of pyridine rings is 1. The first kappa shape index (κ1) is 28.1. The van der Waals surface area contributed by atoms with Gasteiger partial charge in [-0.3, -0.25) is 0 Å². The van der Waals surface area contributed by atoms with E-state index in [1.54, 1.807) is 7.11 Å². The van der Waals surface area contributed by atoms with E-state index in [0.29, 0.717) is 5.92 Å². The van der Waals surface area contributed by atoms with Crippen LogP contribution in [0.4, 0.5) is 0 Å². The number of hydrogen-bond donors (Lipinski definition) is 0. The molecule has 3 aromatic carbocycles. The smallest absolute Gasteiger partial charge is 0.231 e. The van der Waals surface area contributed by atoms with E-state index in [0.717, 1.165) is 54.2 Å². The molecule has 5 nitrogen and oxygen atoms in total. The van der Waals surface area contributed by atoms with Gasteiger partial charge in [-0.15, -0.1) is 0 Å². The van der Waals surface area contributed by atoms with E-state index in [-0.39, 0.29) is 24.8 Å². The lowest BCUT2D eigenvalue weighted by molar-refractivity contribution is -0.686. The molecule has 0 amide bonds. The molecule has 6 heteroatoms. The summed E-state index contributed by atoms with van der Waals surface area (Å²) in [4.78, 5) is 0. The maximum Gasteiger partial charge on any atom is 0.231 e. The number of methoxy groups -OCH3 is 1. The topological polar surface area (TPSA) is 40.8 Å². The zero-order valence-electron chi connectivity index (χ0n) is 24.3. The van der Waals surface area contributed by atoms with Gasteiger partial charge in [0.05, 0.1) is 18.1 Å². The molecule has 0 radical (unpaired) electrons. The first-order chi connectivity index (χ1) is 18.8. The summed E-state index contributed by atoms with van der Waals surface area (Å²) in [7, 11) is 1.72. The van der Waals surface area contributed by atoms with E-state index in [4.69, 9.17) is 18.9 Å². The van der Waals surface area contributed by atoms with Crippen LogP contribution in [0.25, 0.3) is 22.0 Å². The number of benzene rings is 3. The first-order valence-corrected chi connectivity index (χ1v) is 14.0. The summed E-state index contributed by atoms with van der Waals surface area (Å²) in [6, 6.07) is 17.6. The van der Waals surface area contributed by atoms with Crippen LogP contribution in [0, 0.1) is 0 Å². The van der Waals surface area contributed by atoms with Crippen molar-refractivity contribution in [2.45, 2.75) is 71.9 Å². The number of ether oxygens (including phenoxy) is 4. The monoisotopic (exact) mass is 559 g/mol. The lowest BCUT2D eigenvalue weighted by Gasteiger charge is -2.27. The summed E-state index contributed by atoms with van der Waals surface area (Å²) in [6.45, 7) is 12.0. The van der Waals surface area contributed by atoms with Crippen LogP contribution in [0.15, 0.2) is 54.7 Å². The Bertz CT molecular complexity index is 1560. The molecule has 2 aliphatic rings. The predicted octanol–water partition coefficient (Wildman–Crippen LogP) is 4.37. The molecule has 210 valence electrons. The molecule has 0 N–H and O–H groups in total. The van der Waals surface area contributed by atoms with E-state index < -0.39 is 0 Å². The molecule has 0 spiro atoms. The molecule has 0 fully saturated rings. The number of halogens is 1. The van der Waals surface area contributed by atoms with E-state index in [1.165, 1.54) is 38.9 Å². The second kappa shape index (κ2) is 10.9. The number of hydrogen-bond acceptors (Lipinski definition) is 4. The van der Waals surface area contributed by atoms with Crippen molar-refractivity contribution < 1.29 is 35.9 Å². The second-order valence-electron chi connectivity index (χ2n) is 11.6. The van der Waals surface area contributed by atoms with Gasteiger partial charge in [0.25, 0.3) is 0 Å². The number of aromatic nitrogens is 1. The Kier molecular flexibility index (Phi) is 7.62. The highest BCUT2D eigenvalue weighted by atomic mass is 35.5. The summed E-state index contributed by atoms with van der Waals surface area (Å²) >= 11 is 0. The highest BCUT2D eigenvalue weighted by molar-refractivity contribution is 5.95. The fourth-order valence-corrected chi connectivity index (χ4v) is 5.66. The lowest BCUT2D eigenvalue weighted by Crippen LogP contribution is -3.00. The van der Waals surface area contributed by atoms with Gasteiger partial charge in [-0.25, -0.2) is 0 Å². The molecular weight excluding hydrogens is 522 g/mol. The Morgan fingerprint density at radius 2 is 1.70 bits per heavy atom. The summed E-state index contributed by atoms with van der Waals surface area (Å²) in [5.41, 5.74) is 7.36. The van der Waals surface area contributed by atoms with Crippen LogP contribution in [-0.2, 0) is 19.4 Å². The zero-order chi connectivity index (χ0) is 27.3. The summed E-state index contributed by atoms with van der Waals surface area (Å²) < 4.78 is 26.4. The minimum Gasteiger partial charge on any atom is -1.00 e. The van der Waals surface area contributed by atoms with Gasteiger partial charge in [0.2, 0.25) is 12.5 Å². The van der Waals surface area contributed by atoms with Crippen LogP contribution in [0.3, 0.4) is 0 Å². The summed E-state index contributed by atoms with van der Waals surface area (Å²) in [5, 5.41) is 2.26. The van der Waals surface area contributed by atoms with Crippen LogP contribution in [0.5, 0.6) is 23.0 Å². The average Bonchev–Trinajstić information content (AvgIpc) is 3.39. The molecular formula is C34H38ClNO4. The molecule has 6 rings (SSSR count). The number of nitrogens with zero attached hydrogens (tertiary/aromatic N) is 1. The molecule has 0 saturated heterocycles. The van der Waals surface area contributed by atoms with Gasteiger partial charge in [0, 0.05) is 23.8 Å². The minimum atomic E-state index is -0.320. The van der Waals surface area contributed by atoms with E-state index in [9.17, 15) is 0 Å². The molecule has 0 aliphatic carbocycles. The maximum atomic E-state index is 6.68. The maximum absolute atomic E-state index is 6.68. The van der Waals surface area contributed by atoms with Gasteiger partial charge in [-0.1, -0.05) is 45.0 Å². The van der Waals surface area contributed by atoms with Crippen molar-refractivity contribution >= 4 is 10.8 Å². The quantitative estimate of drug-likeness (QED) is 0.315. The molecule has 4 aromatic rings. The molecule has 0 atom stereocenters. The Balaban J connectivity index is 0.00000323. The van der Waals surface area contributed by atoms with Gasteiger partial charge < -0.3 is 31.4 Å². The summed E-state index contributed by atoms with van der Waals surface area (Å²) in [6.07, 6.45) is 4.88. The van der Waals surface area contributed by atoms with Crippen molar-refractivity contribution in [1.82, 2.24) is 0 Å². The SMILES string of the molecule is CCC(C)(C)Oc1c(OC)ccc2c(Cc3ccc(C(C)C)cc3)c3[n+](cc12)CCc1cc2c(cc1-3)OCO2.[Cl-]. The zero-order valence-corrected chi connectivity index (χ0v) is 25.0. The number of fused-ring (bicyclic) bond motifs is 5. The minimum absolute atomic E-state index is 0. The number of rotatable bonds is 7. The third-order valence-corrected chi connectivity index (χ3v) is 8.30. The largest absolute Gasteiger partial charge is 1.00 e. The van der Waals surface area contributed by atoms with Crippen LogP contribution >= 0.6 is 0 Å². The van der Waals surface area contributed by atoms with Crippen LogP contribution in [0.2, 0.25) is 0 Å². The molecule has 3 heterocycles. The van der Waals surface area contributed by atoms with Crippen molar-refractivity contribution in [3.05, 3.63) is 77.0 Å². The standard InChI is InChI=1S/C34H38NO4.ClH/c1-7-34(4,5)39-33-28-19-35-15-14-24-17-30-31(38-20-37-30)18-26(24)32(35)27(25(28)12-13-29(33)36-6)16-22-8-10-23(11-9-22)21(2)3;/h8-13,17-19,21H,7,14-16,20H2,1-6H3;1H/q+1;/p-1. The van der Waals surface area contributed by atoms with Crippen LogP contribution < -0.4 is 35.9 Å². The van der Waals surface area contributed by atoms with Crippen LogP contribution in [-0.4, -0.2) is 19.5 Å². The third kappa shape index (κ3) is 4.96. The van der Waals surface area contributed by atoms with Gasteiger partial charge in [-0.2, -0.15) is 4.57 Å². The van der Waals surface area contributed by atoms with E-state index in [1.807, 2.05) is 0 Å². The van der Waals surface area contributed by atoms with Gasteiger partial charge >= 0.3 is 0 Å². The fraction of sp³-hybridized carbons (Fsp3) is 0.382. The molecule has 0 saturated carbocycles. The van der Waals surface area contributed by atoms with Crippen molar-refractivity contribution in [2.75, 3.05) is 13.9 Å². The molecule has 0 bridgehead atoms. The molecule has 40 heavy (non-hydrogen) atoms. The fourth-order valence-electron chi connectivity index (χ4n) is 5.66. The normalized spacial score (nSPS) is 13.6. The second-order valence-corrected chi connectivity index (χ2v) is 11.6. The molecule has 2 aliphatic heterocycles. The summed E-state index contributed by atoms with van der Waals surface area (Å²) in [5.74, 6) is 3.74. The first-order valence-electron chi connectivity index (χ1n) is 14.0. The predicted molar refractivity (Wildman–Crippen MR) is 154 cm³/mol. The Morgan fingerprint density at radius 3 is 2.38 bits per heavy atom. The molecule has 1 aromatic heterocycles. The Hall–Kier alpha value is -3.44. The van der Waals surface area contributed by atoms with Crippen molar-refractivity contribution in [2.24, 2.45) is 0 Å². The Labute approximate surface area is 243 Å². The number of aryl methyl sites for hydroxylation is 2. The van der Waals surface area contributed by atoms with E-state index >= 15 is 0 Å². The molecule has 0 unspecified atom stereocenters. The van der Waals surface area contributed by atoms with Gasteiger partial charge in [0.1, 0.15) is 5.60 Å². The Morgan fingerprint density at radius 1 is 0.975 bits per heavy atom. The van der Waals surface area contributed by atoms with Crippen molar-refractivity contribution in [3.63, 3.8) is 0 Å².